The summed E-state index contributed by atoms with van der Waals surface area (Å²) in [6.45, 7) is 2.18. The summed E-state index contributed by atoms with van der Waals surface area (Å²) < 4.78 is 7.10. The van der Waals surface area contributed by atoms with Crippen LogP contribution in [0.15, 0.2) is 24.3 Å². The van der Waals surface area contributed by atoms with Gasteiger partial charge in [-0.3, -0.25) is 0 Å². The molecule has 0 amide bonds. The normalized spacial score (nSPS) is 19.0. The lowest BCUT2D eigenvalue weighted by Crippen LogP contribution is -2.31. The van der Waals surface area contributed by atoms with Crippen LogP contribution in [0.5, 0.6) is 5.75 Å². The first-order valence-electron chi connectivity index (χ1n) is 8.46. The summed E-state index contributed by atoms with van der Waals surface area (Å²) in [5.41, 5.74) is 1.11. The van der Waals surface area contributed by atoms with Crippen LogP contribution in [0.2, 0.25) is 0 Å². The summed E-state index contributed by atoms with van der Waals surface area (Å²) in [5, 5.41) is 14.3. The van der Waals surface area contributed by atoms with E-state index in [-0.39, 0.29) is 0 Å². The predicted octanol–water partition coefficient (Wildman–Crippen LogP) is 3.17. The highest BCUT2D eigenvalue weighted by molar-refractivity contribution is 7.17. The van der Waals surface area contributed by atoms with E-state index in [0.717, 1.165) is 46.6 Å². The molecule has 3 heterocycles. The van der Waals surface area contributed by atoms with E-state index in [1.165, 1.54) is 6.42 Å². The van der Waals surface area contributed by atoms with E-state index in [9.17, 15) is 0 Å². The first kappa shape index (κ1) is 16.2. The summed E-state index contributed by atoms with van der Waals surface area (Å²) >= 11 is 1.56. The molecule has 4 rings (SSSR count). The predicted molar refractivity (Wildman–Crippen MR) is 100 cm³/mol. The molecule has 1 saturated heterocycles. The maximum Gasteiger partial charge on any atom is 0.234 e. The Hall–Kier alpha value is -2.25. The molecule has 130 valence electrons. The minimum absolute atomic E-state index is 0.411. The number of fused-ring (bicyclic) bond motifs is 1. The molecule has 1 fully saturated rings. The zero-order chi connectivity index (χ0) is 17.2. The summed E-state index contributed by atoms with van der Waals surface area (Å²) in [4.78, 5) is 3.21. The number of ether oxygens (including phenoxy) is 1. The van der Waals surface area contributed by atoms with Gasteiger partial charge in [0.15, 0.2) is 5.82 Å². The number of likely N-dealkylation sites (tertiary alicyclic amines) is 1. The molecule has 2 aromatic heterocycles. The van der Waals surface area contributed by atoms with Gasteiger partial charge in [0.1, 0.15) is 10.8 Å². The van der Waals surface area contributed by atoms with Gasteiger partial charge in [0, 0.05) is 12.5 Å². The Balaban J connectivity index is 1.55. The van der Waals surface area contributed by atoms with Crippen LogP contribution < -0.4 is 4.74 Å². The molecule has 0 bridgehead atoms. The van der Waals surface area contributed by atoms with Gasteiger partial charge in [-0.15, -0.1) is 10.2 Å². The average molecular weight is 355 g/mol. The second-order valence-corrected chi connectivity index (χ2v) is 7.39. The molecule has 1 aliphatic heterocycles. The van der Waals surface area contributed by atoms with E-state index in [0.29, 0.717) is 5.92 Å². The lowest BCUT2D eigenvalue weighted by molar-refractivity contribution is 0.244. The fourth-order valence-electron chi connectivity index (χ4n) is 3.23. The zero-order valence-electron chi connectivity index (χ0n) is 14.4. The van der Waals surface area contributed by atoms with Crippen LogP contribution in [-0.4, -0.2) is 52.0 Å². The van der Waals surface area contributed by atoms with Crippen molar-refractivity contribution in [2.24, 2.45) is 0 Å². The fraction of sp³-hybridized carbons (Fsp3) is 0.389. The van der Waals surface area contributed by atoms with E-state index in [2.05, 4.69) is 28.2 Å². The Labute approximate surface area is 150 Å². The number of hydrogen-bond donors (Lipinski definition) is 0. The van der Waals surface area contributed by atoms with Gasteiger partial charge in [-0.2, -0.15) is 9.61 Å². The Morgan fingerprint density at radius 2 is 2.04 bits per heavy atom. The number of aromatic nitrogens is 4. The second kappa shape index (κ2) is 6.93. The number of likely N-dealkylation sites (N-methyl/N-ethyl adjacent to an activating group) is 1. The standard InChI is InChI=1S/C18H21N5OS/c1-22-11-3-4-14(12-22)17-19-20-18-23(17)21-16(25-18)10-7-13-5-8-15(24-2)9-6-13/h5-10,14H,3-4,11-12H2,1-2H3. The highest BCUT2D eigenvalue weighted by Crippen LogP contribution is 2.27. The van der Waals surface area contributed by atoms with E-state index >= 15 is 0 Å². The van der Waals surface area contributed by atoms with Crippen molar-refractivity contribution in [3.8, 4) is 5.75 Å². The van der Waals surface area contributed by atoms with Crippen LogP contribution in [0, 0.1) is 0 Å². The topological polar surface area (TPSA) is 55.6 Å². The monoisotopic (exact) mass is 355 g/mol. The molecule has 6 nitrogen and oxygen atoms in total. The molecule has 3 aromatic rings. The van der Waals surface area contributed by atoms with Crippen LogP contribution in [0.3, 0.4) is 0 Å². The Morgan fingerprint density at radius 1 is 1.20 bits per heavy atom. The molecule has 25 heavy (non-hydrogen) atoms. The smallest absolute Gasteiger partial charge is 0.234 e. The van der Waals surface area contributed by atoms with Crippen molar-refractivity contribution < 1.29 is 4.74 Å². The first-order chi connectivity index (χ1) is 12.2. The van der Waals surface area contributed by atoms with Gasteiger partial charge in [-0.25, -0.2) is 0 Å². The van der Waals surface area contributed by atoms with Gasteiger partial charge in [0.05, 0.1) is 7.11 Å². The summed E-state index contributed by atoms with van der Waals surface area (Å²) in [6.07, 6.45) is 6.43. The molecule has 0 saturated carbocycles. The molecule has 1 aromatic carbocycles. The molecule has 0 radical (unpaired) electrons. The van der Waals surface area contributed by atoms with Gasteiger partial charge >= 0.3 is 0 Å². The van der Waals surface area contributed by atoms with Crippen molar-refractivity contribution in [3.63, 3.8) is 0 Å². The SMILES string of the molecule is COc1ccc(C=Cc2nn3c(C4CCCN(C)C4)nnc3s2)cc1. The minimum Gasteiger partial charge on any atom is -0.497 e. The van der Waals surface area contributed by atoms with Gasteiger partial charge in [-0.05, 0) is 50.2 Å². The maximum atomic E-state index is 5.18. The van der Waals surface area contributed by atoms with Crippen LogP contribution in [-0.2, 0) is 0 Å². The lowest BCUT2D eigenvalue weighted by atomic mass is 9.98. The van der Waals surface area contributed by atoms with Crippen LogP contribution in [0.25, 0.3) is 17.1 Å². The highest BCUT2D eigenvalue weighted by atomic mass is 32.1. The third-order valence-electron chi connectivity index (χ3n) is 4.55. The van der Waals surface area contributed by atoms with Crippen molar-refractivity contribution >= 4 is 28.4 Å². The number of benzene rings is 1. The molecule has 1 aliphatic rings. The molecular weight excluding hydrogens is 334 g/mol. The van der Waals surface area contributed by atoms with Crippen molar-refractivity contribution in [3.05, 3.63) is 40.7 Å². The third kappa shape index (κ3) is 3.43. The van der Waals surface area contributed by atoms with E-state index in [1.807, 2.05) is 34.9 Å². The van der Waals surface area contributed by atoms with Crippen molar-refractivity contribution in [2.75, 3.05) is 27.2 Å². The van der Waals surface area contributed by atoms with Gasteiger partial charge < -0.3 is 9.64 Å². The van der Waals surface area contributed by atoms with Gasteiger partial charge in [-0.1, -0.05) is 29.5 Å². The first-order valence-corrected chi connectivity index (χ1v) is 9.27. The number of nitrogens with zero attached hydrogens (tertiary/aromatic N) is 5. The van der Waals surface area contributed by atoms with Crippen molar-refractivity contribution in [2.45, 2.75) is 18.8 Å². The Bertz CT molecular complexity index is 883. The molecule has 0 spiro atoms. The molecule has 0 N–H and O–H groups in total. The van der Waals surface area contributed by atoms with E-state index < -0.39 is 0 Å². The maximum absolute atomic E-state index is 5.18. The quantitative estimate of drug-likeness (QED) is 0.719. The molecule has 7 heteroatoms. The molecular formula is C18H21N5OS. The minimum atomic E-state index is 0.411. The van der Waals surface area contributed by atoms with E-state index in [4.69, 9.17) is 9.84 Å². The number of piperidine rings is 1. The largest absolute Gasteiger partial charge is 0.497 e. The molecule has 0 aliphatic carbocycles. The second-order valence-electron chi connectivity index (χ2n) is 6.40. The number of methoxy groups -OCH3 is 1. The number of hydrogen-bond acceptors (Lipinski definition) is 6. The molecule has 1 unspecified atom stereocenters. The number of rotatable bonds is 4. The zero-order valence-corrected chi connectivity index (χ0v) is 15.2. The van der Waals surface area contributed by atoms with Gasteiger partial charge in [0.2, 0.25) is 4.96 Å². The third-order valence-corrected chi connectivity index (χ3v) is 5.42. The van der Waals surface area contributed by atoms with Gasteiger partial charge in [0.25, 0.3) is 0 Å². The molecule has 1 atom stereocenters. The van der Waals surface area contributed by atoms with Crippen LogP contribution in [0.1, 0.15) is 35.2 Å². The Kier molecular flexibility index (Phi) is 4.50. The Morgan fingerprint density at radius 3 is 2.80 bits per heavy atom. The van der Waals surface area contributed by atoms with Crippen LogP contribution >= 0.6 is 11.3 Å². The van der Waals surface area contributed by atoms with Crippen LogP contribution in [0.4, 0.5) is 0 Å². The average Bonchev–Trinajstić information content (AvgIpc) is 3.20. The van der Waals surface area contributed by atoms with E-state index in [1.54, 1.807) is 18.4 Å². The fourth-order valence-corrected chi connectivity index (χ4v) is 3.98. The highest BCUT2D eigenvalue weighted by Gasteiger charge is 2.24. The van der Waals surface area contributed by atoms with Crippen molar-refractivity contribution in [1.82, 2.24) is 24.7 Å². The van der Waals surface area contributed by atoms with Crippen molar-refractivity contribution in [1.29, 1.82) is 0 Å². The summed E-state index contributed by atoms with van der Waals surface area (Å²) in [5.74, 6) is 2.26. The summed E-state index contributed by atoms with van der Waals surface area (Å²) in [7, 11) is 3.83. The summed E-state index contributed by atoms with van der Waals surface area (Å²) in [6, 6.07) is 7.96. The lowest BCUT2D eigenvalue weighted by Gasteiger charge is -2.28.